The van der Waals surface area contributed by atoms with Gasteiger partial charge in [0.05, 0.1) is 31.2 Å². The molecule has 0 spiro atoms. The average molecular weight is 536 g/mol. The Kier molecular flexibility index (Phi) is 9.20. The molecule has 3 aromatic carbocycles. The average Bonchev–Trinajstić information content (AvgIpc) is 2.89. The summed E-state index contributed by atoms with van der Waals surface area (Å²) in [7, 11) is -3.53. The molecule has 0 saturated heterocycles. The van der Waals surface area contributed by atoms with Crippen molar-refractivity contribution in [1.29, 1.82) is 0 Å². The molecule has 2 unspecified atom stereocenters. The molecule has 0 aromatic heterocycles. The second kappa shape index (κ2) is 12.6. The normalized spacial score (nSPS) is 19.0. The van der Waals surface area contributed by atoms with Crippen LogP contribution in [-0.4, -0.2) is 39.8 Å². The standard InChI is InChI=1S/C30H37N3O4S/c1-3-14-33(38(2,35)36)28-18-24-16-26(19-28)30(34)32-29(25-10-5-4-6-11-25)13-12-22-8-7-9-23(15-22)17-27(31)21-37-20-24/h4-11,15-16,18-19,27,29H,3,12-14,17,20-21,31H2,1-2H3,(H,32,34). The molecule has 4 bridgehead atoms. The monoisotopic (exact) mass is 535 g/mol. The number of sulfonamides is 1. The van der Waals surface area contributed by atoms with E-state index in [1.54, 1.807) is 18.2 Å². The number of amides is 1. The molecular weight excluding hydrogens is 498 g/mol. The Balaban J connectivity index is 1.74. The van der Waals surface area contributed by atoms with Gasteiger partial charge in [-0.2, -0.15) is 0 Å². The van der Waals surface area contributed by atoms with Crippen LogP contribution in [0.4, 0.5) is 5.69 Å². The summed E-state index contributed by atoms with van der Waals surface area (Å²) in [6.45, 7) is 2.80. The summed E-state index contributed by atoms with van der Waals surface area (Å²) in [4.78, 5) is 13.6. The van der Waals surface area contributed by atoms with E-state index in [0.29, 0.717) is 43.7 Å². The van der Waals surface area contributed by atoms with E-state index >= 15 is 0 Å². The number of nitrogens with two attached hydrogens (primary N) is 1. The number of rotatable bonds is 5. The zero-order chi connectivity index (χ0) is 27.1. The lowest BCUT2D eigenvalue weighted by molar-refractivity contribution is 0.0933. The molecule has 3 N–H and O–H groups in total. The predicted octanol–water partition coefficient (Wildman–Crippen LogP) is 4.37. The Morgan fingerprint density at radius 2 is 1.76 bits per heavy atom. The molecule has 0 saturated carbocycles. The van der Waals surface area contributed by atoms with Crippen LogP contribution in [0.5, 0.6) is 0 Å². The van der Waals surface area contributed by atoms with Crippen LogP contribution in [0.15, 0.2) is 72.8 Å². The molecular formula is C30H37N3O4S. The number of aryl methyl sites for hydroxylation is 1. The highest BCUT2D eigenvalue weighted by Gasteiger charge is 2.22. The summed E-state index contributed by atoms with van der Waals surface area (Å²) in [5.41, 5.74) is 11.3. The number of hydrogen-bond acceptors (Lipinski definition) is 5. The van der Waals surface area contributed by atoms with Gasteiger partial charge in [0, 0.05) is 18.2 Å². The van der Waals surface area contributed by atoms with E-state index < -0.39 is 10.0 Å². The molecule has 1 aliphatic heterocycles. The van der Waals surface area contributed by atoms with Crippen molar-refractivity contribution in [3.8, 4) is 0 Å². The third kappa shape index (κ3) is 7.43. The van der Waals surface area contributed by atoms with Crippen LogP contribution in [0.2, 0.25) is 0 Å². The Morgan fingerprint density at radius 3 is 2.50 bits per heavy atom. The van der Waals surface area contributed by atoms with E-state index in [1.807, 2.05) is 43.3 Å². The molecule has 1 aliphatic rings. The fraction of sp³-hybridized carbons (Fsp3) is 0.367. The van der Waals surface area contributed by atoms with Crippen molar-refractivity contribution in [2.24, 2.45) is 5.73 Å². The fourth-order valence-electron chi connectivity index (χ4n) is 4.88. The highest BCUT2D eigenvalue weighted by atomic mass is 32.2. The second-order valence-electron chi connectivity index (χ2n) is 10.00. The zero-order valence-electron chi connectivity index (χ0n) is 22.1. The fourth-order valence-corrected chi connectivity index (χ4v) is 5.89. The van der Waals surface area contributed by atoms with Crippen LogP contribution in [-0.2, 0) is 34.2 Å². The lowest BCUT2D eigenvalue weighted by Gasteiger charge is -2.24. The first kappa shape index (κ1) is 27.8. The van der Waals surface area contributed by atoms with Gasteiger partial charge < -0.3 is 15.8 Å². The highest BCUT2D eigenvalue weighted by Crippen LogP contribution is 2.25. The first-order chi connectivity index (χ1) is 18.2. The van der Waals surface area contributed by atoms with E-state index in [9.17, 15) is 13.2 Å². The van der Waals surface area contributed by atoms with Gasteiger partial charge in [0.1, 0.15) is 0 Å². The maximum absolute atomic E-state index is 13.6. The maximum Gasteiger partial charge on any atom is 0.251 e. The van der Waals surface area contributed by atoms with E-state index in [-0.39, 0.29) is 24.6 Å². The van der Waals surface area contributed by atoms with Gasteiger partial charge >= 0.3 is 0 Å². The first-order valence-corrected chi connectivity index (χ1v) is 15.0. The third-order valence-electron chi connectivity index (χ3n) is 6.67. The second-order valence-corrected chi connectivity index (χ2v) is 11.9. The zero-order valence-corrected chi connectivity index (χ0v) is 22.9. The topological polar surface area (TPSA) is 102 Å². The van der Waals surface area contributed by atoms with Crippen molar-refractivity contribution in [2.75, 3.05) is 23.7 Å². The maximum atomic E-state index is 13.6. The summed E-state index contributed by atoms with van der Waals surface area (Å²) in [5.74, 6) is -0.260. The molecule has 8 heteroatoms. The number of nitrogens with zero attached hydrogens (tertiary/aromatic N) is 1. The minimum atomic E-state index is -3.53. The SMILES string of the molecule is CCCN(c1cc2cc(c1)C(=O)NC(c1ccccc1)CCc1cccc(c1)CC(N)COC2)S(C)(=O)=O. The van der Waals surface area contributed by atoms with Gasteiger partial charge in [0.15, 0.2) is 0 Å². The Hall–Kier alpha value is -3.20. The van der Waals surface area contributed by atoms with Crippen molar-refractivity contribution in [3.63, 3.8) is 0 Å². The molecule has 0 aliphatic carbocycles. The Morgan fingerprint density at radius 1 is 1.00 bits per heavy atom. The smallest absolute Gasteiger partial charge is 0.251 e. The van der Waals surface area contributed by atoms with Crippen molar-refractivity contribution in [3.05, 3.63) is 101 Å². The molecule has 202 valence electrons. The summed E-state index contributed by atoms with van der Waals surface area (Å²) in [5, 5.41) is 3.21. The van der Waals surface area contributed by atoms with Crippen LogP contribution in [0, 0.1) is 0 Å². The lowest BCUT2D eigenvalue weighted by Crippen LogP contribution is -2.32. The van der Waals surface area contributed by atoms with Gasteiger partial charge in [0.2, 0.25) is 10.0 Å². The summed E-state index contributed by atoms with van der Waals surface area (Å²) in [6, 6.07) is 23.1. The largest absolute Gasteiger partial charge is 0.375 e. The minimum absolute atomic E-state index is 0.186. The number of ether oxygens (including phenoxy) is 1. The molecule has 1 heterocycles. The van der Waals surface area contributed by atoms with Gasteiger partial charge in [0.25, 0.3) is 5.91 Å². The van der Waals surface area contributed by atoms with Gasteiger partial charge in [-0.15, -0.1) is 0 Å². The molecule has 0 radical (unpaired) electrons. The van der Waals surface area contributed by atoms with Crippen molar-refractivity contribution in [2.45, 2.75) is 51.3 Å². The molecule has 7 nitrogen and oxygen atoms in total. The van der Waals surface area contributed by atoms with E-state index in [1.165, 1.54) is 16.1 Å². The van der Waals surface area contributed by atoms with Gasteiger partial charge in [-0.1, -0.05) is 61.5 Å². The third-order valence-corrected chi connectivity index (χ3v) is 7.87. The van der Waals surface area contributed by atoms with Gasteiger partial charge in [-0.05, 0) is 66.1 Å². The van der Waals surface area contributed by atoms with Crippen molar-refractivity contribution >= 4 is 21.6 Å². The molecule has 4 rings (SSSR count). The quantitative estimate of drug-likeness (QED) is 0.505. The molecule has 2 atom stereocenters. The number of benzene rings is 3. The van der Waals surface area contributed by atoms with Crippen LogP contribution in [0.1, 0.15) is 58.4 Å². The van der Waals surface area contributed by atoms with Crippen molar-refractivity contribution in [1.82, 2.24) is 5.32 Å². The summed E-state index contributed by atoms with van der Waals surface area (Å²) >= 11 is 0. The summed E-state index contributed by atoms with van der Waals surface area (Å²) < 4.78 is 32.5. The first-order valence-electron chi connectivity index (χ1n) is 13.1. The minimum Gasteiger partial charge on any atom is -0.375 e. The van der Waals surface area contributed by atoms with Crippen LogP contribution >= 0.6 is 0 Å². The predicted molar refractivity (Wildman–Crippen MR) is 152 cm³/mol. The number of hydrogen-bond donors (Lipinski definition) is 2. The molecule has 3 aromatic rings. The van der Waals surface area contributed by atoms with Crippen LogP contribution < -0.4 is 15.4 Å². The number of fused-ring (bicyclic) bond motifs is 4. The number of carbonyl (C=O) groups is 1. The lowest BCUT2D eigenvalue weighted by atomic mass is 9.96. The molecule has 1 amide bonds. The van der Waals surface area contributed by atoms with Crippen LogP contribution in [0.3, 0.4) is 0 Å². The highest BCUT2D eigenvalue weighted by molar-refractivity contribution is 7.92. The van der Waals surface area contributed by atoms with E-state index in [4.69, 9.17) is 10.5 Å². The summed E-state index contributed by atoms with van der Waals surface area (Å²) in [6.07, 6.45) is 4.01. The van der Waals surface area contributed by atoms with Crippen molar-refractivity contribution < 1.29 is 17.9 Å². The van der Waals surface area contributed by atoms with E-state index in [0.717, 1.165) is 23.1 Å². The Bertz CT molecular complexity index is 1340. The molecule has 38 heavy (non-hydrogen) atoms. The van der Waals surface area contributed by atoms with E-state index in [2.05, 4.69) is 23.5 Å². The van der Waals surface area contributed by atoms with Gasteiger partial charge in [-0.3, -0.25) is 9.10 Å². The van der Waals surface area contributed by atoms with Crippen LogP contribution in [0.25, 0.3) is 0 Å². The number of nitrogens with one attached hydrogen (secondary N) is 1. The van der Waals surface area contributed by atoms with Gasteiger partial charge in [-0.25, -0.2) is 8.42 Å². The Labute approximate surface area is 226 Å². The number of carbonyl (C=O) groups excluding carboxylic acids is 1. The number of anilines is 1. The molecule has 0 fully saturated rings.